The van der Waals surface area contributed by atoms with Gasteiger partial charge >= 0.3 is 7.12 Å². The van der Waals surface area contributed by atoms with Crippen LogP contribution in [0.1, 0.15) is 25.0 Å². The first-order chi connectivity index (χ1) is 6.90. The molecule has 2 nitrogen and oxygen atoms in total. The van der Waals surface area contributed by atoms with E-state index in [1.807, 2.05) is 6.07 Å². The smallest absolute Gasteiger partial charge is 0.411 e. The molecule has 0 amide bonds. The van der Waals surface area contributed by atoms with Gasteiger partial charge in [-0.25, -0.2) is 0 Å². The summed E-state index contributed by atoms with van der Waals surface area (Å²) < 4.78 is 11.3. The van der Waals surface area contributed by atoms with E-state index in [0.717, 1.165) is 19.3 Å². The topological polar surface area (TPSA) is 18.5 Å². The third kappa shape index (κ3) is 2.17. The number of hydrogen-bond acceptors (Lipinski definition) is 2. The lowest BCUT2D eigenvalue weighted by Gasteiger charge is -2.27. The van der Waals surface area contributed by atoms with Gasteiger partial charge in [0, 0.05) is 6.61 Å². The van der Waals surface area contributed by atoms with E-state index in [4.69, 9.17) is 9.31 Å². The average Bonchev–Trinajstić information content (AvgIpc) is 2.30. The molecule has 0 saturated carbocycles. The van der Waals surface area contributed by atoms with Crippen molar-refractivity contribution in [2.75, 3.05) is 6.61 Å². The summed E-state index contributed by atoms with van der Waals surface area (Å²) in [5, 5.41) is 0. The van der Waals surface area contributed by atoms with Crippen molar-refractivity contribution in [1.82, 2.24) is 0 Å². The van der Waals surface area contributed by atoms with Gasteiger partial charge in [-0.2, -0.15) is 0 Å². The molecule has 1 saturated heterocycles. The van der Waals surface area contributed by atoms with Crippen molar-refractivity contribution in [2.45, 2.75) is 25.8 Å². The van der Waals surface area contributed by atoms with Gasteiger partial charge in [-0.05, 0) is 18.3 Å². The van der Waals surface area contributed by atoms with Crippen LogP contribution in [-0.4, -0.2) is 13.7 Å². The Morgan fingerprint density at radius 2 is 2.14 bits per heavy atom. The first-order valence-corrected chi connectivity index (χ1v) is 5.22. The largest absolute Gasteiger partial charge is 0.457 e. The van der Waals surface area contributed by atoms with Crippen LogP contribution in [0.3, 0.4) is 0 Å². The summed E-state index contributed by atoms with van der Waals surface area (Å²) >= 11 is 0. The second-order valence-corrected chi connectivity index (χ2v) is 3.53. The van der Waals surface area contributed by atoms with E-state index in [1.165, 1.54) is 5.56 Å². The Morgan fingerprint density at radius 3 is 2.86 bits per heavy atom. The molecule has 0 N–H and O–H groups in total. The minimum atomic E-state index is -0.0195. The highest BCUT2D eigenvalue weighted by Gasteiger charge is 2.26. The molecule has 0 spiro atoms. The van der Waals surface area contributed by atoms with Crippen molar-refractivity contribution in [2.24, 2.45) is 0 Å². The maximum absolute atomic E-state index is 5.80. The first-order valence-electron chi connectivity index (χ1n) is 5.22. The number of benzene rings is 1. The zero-order valence-electron chi connectivity index (χ0n) is 8.48. The van der Waals surface area contributed by atoms with Crippen LogP contribution in [0.5, 0.6) is 0 Å². The Kier molecular flexibility index (Phi) is 3.22. The van der Waals surface area contributed by atoms with Crippen LogP contribution in [0.25, 0.3) is 0 Å². The van der Waals surface area contributed by atoms with E-state index < -0.39 is 0 Å². The normalized spacial score (nSPS) is 22.4. The minimum Gasteiger partial charge on any atom is -0.411 e. The molecule has 0 radical (unpaired) electrons. The van der Waals surface area contributed by atoms with Gasteiger partial charge in [-0.3, -0.25) is 0 Å². The van der Waals surface area contributed by atoms with Crippen molar-refractivity contribution in [3.8, 4) is 0 Å². The van der Waals surface area contributed by atoms with Gasteiger partial charge in [0.1, 0.15) is 0 Å². The zero-order chi connectivity index (χ0) is 9.80. The third-order valence-corrected chi connectivity index (χ3v) is 2.50. The second-order valence-electron chi connectivity index (χ2n) is 3.53. The van der Waals surface area contributed by atoms with Crippen LogP contribution in [0, 0.1) is 0 Å². The van der Waals surface area contributed by atoms with Gasteiger partial charge in [0.25, 0.3) is 0 Å². The second kappa shape index (κ2) is 4.62. The van der Waals surface area contributed by atoms with Crippen molar-refractivity contribution < 1.29 is 9.31 Å². The summed E-state index contributed by atoms with van der Waals surface area (Å²) in [6.07, 6.45) is 2.10. The zero-order valence-corrected chi connectivity index (χ0v) is 8.48. The van der Waals surface area contributed by atoms with E-state index in [-0.39, 0.29) is 13.2 Å². The molecule has 1 heterocycles. The van der Waals surface area contributed by atoms with Crippen molar-refractivity contribution in [3.05, 3.63) is 35.9 Å². The summed E-state index contributed by atoms with van der Waals surface area (Å²) in [6.45, 7) is 2.89. The highest BCUT2D eigenvalue weighted by Crippen LogP contribution is 2.26. The maximum Gasteiger partial charge on any atom is 0.457 e. The molecule has 3 heteroatoms. The van der Waals surface area contributed by atoms with E-state index in [0.29, 0.717) is 0 Å². The van der Waals surface area contributed by atoms with E-state index in [1.54, 1.807) is 0 Å². The number of hydrogen-bond donors (Lipinski definition) is 0. The minimum absolute atomic E-state index is 0.0195. The van der Waals surface area contributed by atoms with Crippen molar-refractivity contribution >= 4 is 7.12 Å². The van der Waals surface area contributed by atoms with Crippen LogP contribution >= 0.6 is 0 Å². The van der Waals surface area contributed by atoms with Crippen LogP contribution in [-0.2, 0) is 9.31 Å². The molecule has 1 aromatic rings. The summed E-state index contributed by atoms with van der Waals surface area (Å²) in [5.41, 5.74) is 1.26. The van der Waals surface area contributed by atoms with E-state index >= 15 is 0 Å². The summed E-state index contributed by atoms with van der Waals surface area (Å²) in [4.78, 5) is 0. The quantitative estimate of drug-likeness (QED) is 0.667. The molecule has 74 valence electrons. The molecule has 2 rings (SSSR count). The molecule has 1 aliphatic heterocycles. The highest BCUT2D eigenvalue weighted by molar-refractivity contribution is 6.44. The molecule has 1 aromatic carbocycles. The van der Waals surface area contributed by atoms with Crippen LogP contribution < -0.4 is 0 Å². The molecule has 1 aliphatic rings. The van der Waals surface area contributed by atoms with Crippen LogP contribution in [0.2, 0.25) is 6.32 Å². The van der Waals surface area contributed by atoms with Gasteiger partial charge in [0.05, 0.1) is 6.10 Å². The lowest BCUT2D eigenvalue weighted by molar-refractivity contribution is 0.0675. The number of rotatable bonds is 2. The van der Waals surface area contributed by atoms with E-state index in [2.05, 4.69) is 31.2 Å². The third-order valence-electron chi connectivity index (χ3n) is 2.50. The summed E-state index contributed by atoms with van der Waals surface area (Å²) in [6, 6.07) is 10.4. The van der Waals surface area contributed by atoms with Gasteiger partial charge < -0.3 is 9.31 Å². The van der Waals surface area contributed by atoms with Crippen molar-refractivity contribution in [1.29, 1.82) is 0 Å². The lowest BCUT2D eigenvalue weighted by Crippen LogP contribution is -2.30. The molecule has 14 heavy (non-hydrogen) atoms. The Bertz CT molecular complexity index is 276. The van der Waals surface area contributed by atoms with E-state index in [9.17, 15) is 0 Å². The van der Waals surface area contributed by atoms with Gasteiger partial charge in [-0.1, -0.05) is 37.3 Å². The Morgan fingerprint density at radius 1 is 1.36 bits per heavy atom. The Balaban J connectivity index is 2.04. The fraction of sp³-hybridized carbons (Fsp3) is 0.455. The van der Waals surface area contributed by atoms with Gasteiger partial charge in [-0.15, -0.1) is 0 Å². The lowest BCUT2D eigenvalue weighted by atomic mass is 9.83. The SMILES string of the molecule is CCB1OCCC(c2ccccc2)O1. The predicted octanol–water partition coefficient (Wildman–Crippen LogP) is 2.67. The maximum atomic E-state index is 5.80. The van der Waals surface area contributed by atoms with Crippen LogP contribution in [0.15, 0.2) is 30.3 Å². The van der Waals surface area contributed by atoms with Crippen LogP contribution in [0.4, 0.5) is 0 Å². The molecule has 1 unspecified atom stereocenters. The fourth-order valence-corrected chi connectivity index (χ4v) is 1.72. The highest BCUT2D eigenvalue weighted by atomic mass is 16.6. The fourth-order valence-electron chi connectivity index (χ4n) is 1.72. The Hall–Kier alpha value is -0.795. The standard InChI is InChI=1S/C11H15BO2/c1-2-12-13-9-8-11(14-12)10-6-4-3-5-7-10/h3-7,11H,2,8-9H2,1H3. The predicted molar refractivity (Wildman–Crippen MR) is 57.1 cm³/mol. The summed E-state index contributed by atoms with van der Waals surface area (Å²) in [7, 11) is -0.0195. The molecule has 0 aliphatic carbocycles. The Labute approximate surface area is 85.4 Å². The first kappa shape index (κ1) is 9.75. The van der Waals surface area contributed by atoms with Crippen molar-refractivity contribution in [3.63, 3.8) is 0 Å². The molecular weight excluding hydrogens is 175 g/mol. The van der Waals surface area contributed by atoms with Gasteiger partial charge in [0.15, 0.2) is 0 Å². The van der Waals surface area contributed by atoms with Gasteiger partial charge in [0.2, 0.25) is 0 Å². The molecule has 1 fully saturated rings. The molecule has 1 atom stereocenters. The molecular formula is C11H15BO2. The average molecular weight is 190 g/mol. The summed E-state index contributed by atoms with van der Waals surface area (Å²) in [5.74, 6) is 0. The molecule has 0 bridgehead atoms. The monoisotopic (exact) mass is 190 g/mol. The molecule has 0 aromatic heterocycles.